The number of carbonyl (C=O) groups is 1. The van der Waals surface area contributed by atoms with Gasteiger partial charge < -0.3 is 19.5 Å². The van der Waals surface area contributed by atoms with Gasteiger partial charge in [-0.2, -0.15) is 9.97 Å². The number of benzene rings is 3. The number of hydrogen-bond donors (Lipinski definition) is 2. The van der Waals surface area contributed by atoms with E-state index in [9.17, 15) is 13.2 Å². The van der Waals surface area contributed by atoms with Crippen molar-refractivity contribution in [1.29, 1.82) is 0 Å². The Hall–Kier alpha value is -5.30. The van der Waals surface area contributed by atoms with Gasteiger partial charge in [-0.3, -0.25) is 4.72 Å². The Morgan fingerprint density at radius 1 is 0.805 bits per heavy atom. The third-order valence-corrected chi connectivity index (χ3v) is 7.38. The molecule has 2 aromatic heterocycles. The first kappa shape index (κ1) is 27.3. The third-order valence-electron chi connectivity index (χ3n) is 6.01. The van der Waals surface area contributed by atoms with Crippen LogP contribution in [0.3, 0.4) is 0 Å². The summed E-state index contributed by atoms with van der Waals surface area (Å²) < 4.78 is 43.2. The van der Waals surface area contributed by atoms with Crippen molar-refractivity contribution in [1.82, 2.24) is 20.2 Å². The molecule has 0 aliphatic rings. The number of anilines is 3. The number of esters is 1. The van der Waals surface area contributed by atoms with Gasteiger partial charge in [0, 0.05) is 28.1 Å². The maximum Gasteiger partial charge on any atom is 0.337 e. The highest BCUT2D eigenvalue weighted by Gasteiger charge is 2.18. The molecule has 5 aromatic rings. The summed E-state index contributed by atoms with van der Waals surface area (Å²) in [6.45, 7) is 0. The van der Waals surface area contributed by atoms with Crippen molar-refractivity contribution in [3.63, 3.8) is 0 Å². The SMILES string of the molecule is COC(=O)c1ccc(-c2nnc(Nc3ccc(S(=O)(=O)Nc4cc(OC)nc(OC)n4)cc3)c3ccccc23)cc1. The van der Waals surface area contributed by atoms with Crippen LogP contribution >= 0.6 is 0 Å². The Labute approximate surface area is 235 Å². The van der Waals surface area contributed by atoms with E-state index in [0.717, 1.165) is 16.3 Å². The quantitative estimate of drug-likeness (QED) is 0.241. The number of ether oxygens (including phenoxy) is 3. The molecule has 0 unspecified atom stereocenters. The molecule has 0 amide bonds. The van der Waals surface area contributed by atoms with Crippen LogP contribution in [0.15, 0.2) is 83.8 Å². The average molecular weight is 573 g/mol. The minimum absolute atomic E-state index is 0.00216. The molecule has 0 saturated carbocycles. The van der Waals surface area contributed by atoms with Crippen molar-refractivity contribution in [2.75, 3.05) is 31.4 Å². The predicted molar refractivity (Wildman–Crippen MR) is 152 cm³/mol. The van der Waals surface area contributed by atoms with Gasteiger partial charge in [0.2, 0.25) is 5.88 Å². The third kappa shape index (κ3) is 5.84. The zero-order chi connectivity index (χ0) is 29.0. The maximum atomic E-state index is 13.0. The Balaban J connectivity index is 1.39. The second-order valence-electron chi connectivity index (χ2n) is 8.55. The summed E-state index contributed by atoms with van der Waals surface area (Å²) in [4.78, 5) is 19.8. The topological polar surface area (TPSA) is 155 Å². The molecule has 0 radical (unpaired) electrons. The van der Waals surface area contributed by atoms with Crippen molar-refractivity contribution >= 4 is 44.1 Å². The van der Waals surface area contributed by atoms with E-state index in [-0.39, 0.29) is 22.6 Å². The van der Waals surface area contributed by atoms with E-state index in [4.69, 9.17) is 14.2 Å². The minimum atomic E-state index is -3.97. The summed E-state index contributed by atoms with van der Waals surface area (Å²) in [5, 5.41) is 13.7. The number of nitrogens with one attached hydrogen (secondary N) is 2. The van der Waals surface area contributed by atoms with Crippen molar-refractivity contribution in [2.45, 2.75) is 4.90 Å². The van der Waals surface area contributed by atoms with Gasteiger partial charge in [-0.05, 0) is 36.4 Å². The van der Waals surface area contributed by atoms with Gasteiger partial charge in [0.05, 0.1) is 31.8 Å². The predicted octanol–water partition coefficient (Wildman–Crippen LogP) is 4.44. The molecule has 2 heterocycles. The van der Waals surface area contributed by atoms with Gasteiger partial charge in [0.25, 0.3) is 10.0 Å². The van der Waals surface area contributed by atoms with Crippen LogP contribution in [0.5, 0.6) is 11.9 Å². The Bertz CT molecular complexity index is 1810. The molecular formula is C28H24N6O6S. The van der Waals surface area contributed by atoms with Crippen LogP contribution in [0, 0.1) is 0 Å². The second-order valence-corrected chi connectivity index (χ2v) is 10.2. The molecule has 2 N–H and O–H groups in total. The first-order chi connectivity index (χ1) is 19.8. The first-order valence-electron chi connectivity index (χ1n) is 12.1. The molecule has 0 aliphatic carbocycles. The van der Waals surface area contributed by atoms with Crippen molar-refractivity contribution in [3.05, 3.63) is 84.4 Å². The van der Waals surface area contributed by atoms with Crippen LogP contribution in [-0.4, -0.2) is 55.9 Å². The normalized spacial score (nSPS) is 11.1. The number of carbonyl (C=O) groups excluding carboxylic acids is 1. The largest absolute Gasteiger partial charge is 0.481 e. The number of nitrogens with zero attached hydrogens (tertiary/aromatic N) is 4. The fourth-order valence-electron chi connectivity index (χ4n) is 3.99. The van der Waals surface area contributed by atoms with Crippen LogP contribution in [0.4, 0.5) is 17.3 Å². The van der Waals surface area contributed by atoms with Gasteiger partial charge in [-0.1, -0.05) is 36.4 Å². The maximum absolute atomic E-state index is 13.0. The smallest absolute Gasteiger partial charge is 0.337 e. The summed E-state index contributed by atoms with van der Waals surface area (Å²) in [6.07, 6.45) is 0. The lowest BCUT2D eigenvalue weighted by atomic mass is 10.0. The minimum Gasteiger partial charge on any atom is -0.481 e. The van der Waals surface area contributed by atoms with Crippen LogP contribution in [0.25, 0.3) is 22.0 Å². The zero-order valence-electron chi connectivity index (χ0n) is 22.2. The van der Waals surface area contributed by atoms with E-state index >= 15 is 0 Å². The highest BCUT2D eigenvalue weighted by molar-refractivity contribution is 7.92. The van der Waals surface area contributed by atoms with E-state index in [1.807, 2.05) is 24.3 Å². The van der Waals surface area contributed by atoms with Gasteiger partial charge in [0.15, 0.2) is 11.6 Å². The highest BCUT2D eigenvalue weighted by Crippen LogP contribution is 2.31. The molecule has 0 atom stereocenters. The van der Waals surface area contributed by atoms with Gasteiger partial charge in [-0.25, -0.2) is 13.2 Å². The Morgan fingerprint density at radius 2 is 1.51 bits per heavy atom. The summed E-state index contributed by atoms with van der Waals surface area (Å²) in [6, 6.07) is 22.0. The molecule has 5 rings (SSSR count). The Kier molecular flexibility index (Phi) is 7.61. The summed E-state index contributed by atoms with van der Waals surface area (Å²) in [5.41, 5.74) is 2.47. The molecular weight excluding hydrogens is 548 g/mol. The summed E-state index contributed by atoms with van der Waals surface area (Å²) >= 11 is 0. The fraction of sp³-hybridized carbons (Fsp3) is 0.107. The van der Waals surface area contributed by atoms with Crippen LogP contribution in [0.1, 0.15) is 10.4 Å². The van der Waals surface area contributed by atoms with Crippen molar-refractivity contribution < 1.29 is 27.4 Å². The van der Waals surface area contributed by atoms with E-state index in [1.165, 1.54) is 39.5 Å². The lowest BCUT2D eigenvalue weighted by Crippen LogP contribution is -2.14. The molecule has 0 saturated heterocycles. The van der Waals surface area contributed by atoms with E-state index in [2.05, 4.69) is 30.2 Å². The standard InChI is InChI=1S/C28H24N6O6S/c1-38-24-16-23(30-28(31-24)40-3)34-41(36,37)20-14-12-19(13-15-20)29-26-22-7-5-4-6-21(22)25(32-33-26)17-8-10-18(11-9-17)27(35)39-2/h4-16H,1-3H3,(H,29,33)(H,30,31,34). The van der Waals surface area contributed by atoms with E-state index in [1.54, 1.807) is 36.4 Å². The lowest BCUT2D eigenvalue weighted by Gasteiger charge is -2.12. The molecule has 0 fully saturated rings. The van der Waals surface area contributed by atoms with Crippen LogP contribution in [-0.2, 0) is 14.8 Å². The molecule has 208 valence electrons. The van der Waals surface area contributed by atoms with Crippen molar-refractivity contribution in [2.24, 2.45) is 0 Å². The highest BCUT2D eigenvalue weighted by atomic mass is 32.2. The average Bonchev–Trinajstić information content (AvgIpc) is 3.00. The molecule has 12 nitrogen and oxygen atoms in total. The van der Waals surface area contributed by atoms with Gasteiger partial charge >= 0.3 is 12.0 Å². The molecule has 41 heavy (non-hydrogen) atoms. The molecule has 0 spiro atoms. The molecule has 0 aliphatic heterocycles. The summed E-state index contributed by atoms with van der Waals surface area (Å²) in [5.74, 6) is 0.213. The number of aromatic nitrogens is 4. The number of fused-ring (bicyclic) bond motifs is 1. The van der Waals surface area contributed by atoms with Crippen LogP contribution in [0.2, 0.25) is 0 Å². The summed E-state index contributed by atoms with van der Waals surface area (Å²) in [7, 11) is 0.127. The fourth-order valence-corrected chi connectivity index (χ4v) is 4.99. The van der Waals surface area contributed by atoms with Crippen molar-refractivity contribution in [3.8, 4) is 23.1 Å². The monoisotopic (exact) mass is 572 g/mol. The molecule has 13 heteroatoms. The second kappa shape index (κ2) is 11.4. The zero-order valence-corrected chi connectivity index (χ0v) is 23.0. The number of methoxy groups -OCH3 is 3. The Morgan fingerprint density at radius 3 is 2.17 bits per heavy atom. The van der Waals surface area contributed by atoms with Crippen LogP contribution < -0.4 is 19.5 Å². The number of hydrogen-bond acceptors (Lipinski definition) is 11. The van der Waals surface area contributed by atoms with Gasteiger partial charge in [-0.15, -0.1) is 10.2 Å². The molecule has 0 bridgehead atoms. The molecule has 3 aromatic carbocycles. The van der Waals surface area contributed by atoms with E-state index < -0.39 is 16.0 Å². The van der Waals surface area contributed by atoms with E-state index in [0.29, 0.717) is 22.8 Å². The lowest BCUT2D eigenvalue weighted by molar-refractivity contribution is 0.0600. The first-order valence-corrected chi connectivity index (χ1v) is 13.6. The number of rotatable bonds is 9. The number of sulfonamides is 1. The van der Waals surface area contributed by atoms with Gasteiger partial charge in [0.1, 0.15) is 5.69 Å².